The number of esters is 2. The summed E-state index contributed by atoms with van der Waals surface area (Å²) in [6.07, 6.45) is 5.37. The molecule has 4 saturated carbocycles. The molecule has 4 aliphatic rings. The molecule has 4 fully saturated rings. The number of aliphatic hydroxyl groups excluding tert-OH is 1. The molecule has 4 rings (SSSR count). The first-order chi connectivity index (χ1) is 13.6. The number of rotatable bonds is 3. The van der Waals surface area contributed by atoms with E-state index < -0.39 is 5.60 Å². The minimum atomic E-state index is -1.04. The van der Waals surface area contributed by atoms with E-state index in [1.807, 2.05) is 0 Å². The number of carbonyl (C=O) groups is 2. The quantitative estimate of drug-likeness (QED) is 0.698. The van der Waals surface area contributed by atoms with Gasteiger partial charge in [0.15, 0.2) is 0 Å². The summed E-state index contributed by atoms with van der Waals surface area (Å²) in [4.78, 5) is 23.2. The minimum absolute atomic E-state index is 0.0646. The van der Waals surface area contributed by atoms with Gasteiger partial charge in [0.1, 0.15) is 12.2 Å². The van der Waals surface area contributed by atoms with Crippen molar-refractivity contribution in [3.63, 3.8) is 0 Å². The largest absolute Gasteiger partial charge is 0.462 e. The first-order valence-corrected chi connectivity index (χ1v) is 11.2. The van der Waals surface area contributed by atoms with Gasteiger partial charge in [0, 0.05) is 43.6 Å². The first kappa shape index (κ1) is 21.1. The normalized spacial score (nSPS) is 51.0. The molecule has 6 heteroatoms. The summed E-state index contributed by atoms with van der Waals surface area (Å²) in [5, 5.41) is 22.5. The second-order valence-corrected chi connectivity index (χ2v) is 10.6. The van der Waals surface area contributed by atoms with Crippen molar-refractivity contribution in [2.24, 2.45) is 34.5 Å². The molecule has 6 nitrogen and oxygen atoms in total. The van der Waals surface area contributed by atoms with Gasteiger partial charge in [-0.25, -0.2) is 0 Å². The van der Waals surface area contributed by atoms with E-state index in [1.165, 1.54) is 13.8 Å². The van der Waals surface area contributed by atoms with Gasteiger partial charge in [0.2, 0.25) is 0 Å². The van der Waals surface area contributed by atoms with Crippen LogP contribution in [0.25, 0.3) is 0 Å². The van der Waals surface area contributed by atoms with Crippen LogP contribution in [0, 0.1) is 34.5 Å². The highest BCUT2D eigenvalue weighted by molar-refractivity contribution is 5.66. The zero-order valence-electron chi connectivity index (χ0n) is 18.1. The lowest BCUT2D eigenvalue weighted by Gasteiger charge is -2.52. The molecule has 29 heavy (non-hydrogen) atoms. The van der Waals surface area contributed by atoms with Crippen molar-refractivity contribution in [1.82, 2.24) is 0 Å². The van der Waals surface area contributed by atoms with E-state index in [1.54, 1.807) is 0 Å². The SMILES string of the molecule is CC(=O)O[C@H]1CC[C@]2(C)[C@H]3CC[C@]4(C)[C@@H](OC(C)=O)CC[C@H]4[C@@H]3[C@H](CO)[C@]2(O)C1. The maximum Gasteiger partial charge on any atom is 0.302 e. The van der Waals surface area contributed by atoms with Crippen LogP contribution in [-0.2, 0) is 19.1 Å². The van der Waals surface area contributed by atoms with Crippen molar-refractivity contribution in [2.45, 2.75) is 90.4 Å². The molecule has 2 N–H and O–H groups in total. The van der Waals surface area contributed by atoms with Crippen LogP contribution in [0.2, 0.25) is 0 Å². The Morgan fingerprint density at radius 1 is 0.966 bits per heavy atom. The zero-order valence-corrected chi connectivity index (χ0v) is 18.1. The second kappa shape index (κ2) is 6.94. The molecule has 0 heterocycles. The van der Waals surface area contributed by atoms with Crippen molar-refractivity contribution in [3.8, 4) is 0 Å². The fourth-order valence-corrected chi connectivity index (χ4v) is 8.21. The van der Waals surface area contributed by atoms with Crippen LogP contribution in [0.1, 0.15) is 72.6 Å². The molecule has 0 amide bonds. The highest BCUT2D eigenvalue weighted by Gasteiger charge is 2.72. The van der Waals surface area contributed by atoms with Gasteiger partial charge >= 0.3 is 11.9 Å². The smallest absolute Gasteiger partial charge is 0.302 e. The molecule has 0 aromatic rings. The summed E-state index contributed by atoms with van der Waals surface area (Å²) >= 11 is 0. The summed E-state index contributed by atoms with van der Waals surface area (Å²) in [5.41, 5.74) is -1.43. The van der Waals surface area contributed by atoms with Crippen molar-refractivity contribution >= 4 is 11.9 Å². The number of ether oxygens (including phenoxy) is 2. The first-order valence-electron chi connectivity index (χ1n) is 11.2. The Hall–Kier alpha value is -1.14. The molecule has 0 radical (unpaired) electrons. The molecule has 0 bridgehead atoms. The van der Waals surface area contributed by atoms with E-state index >= 15 is 0 Å². The molecule has 0 spiro atoms. The number of aliphatic hydroxyl groups is 2. The Balaban J connectivity index is 1.67. The Labute approximate surface area is 173 Å². The van der Waals surface area contributed by atoms with Gasteiger partial charge in [-0.15, -0.1) is 0 Å². The monoisotopic (exact) mass is 408 g/mol. The van der Waals surface area contributed by atoms with Gasteiger partial charge in [0.25, 0.3) is 0 Å². The average molecular weight is 409 g/mol. The molecular formula is C23H36O6. The van der Waals surface area contributed by atoms with Crippen LogP contribution in [0.4, 0.5) is 0 Å². The number of hydrogen-bond acceptors (Lipinski definition) is 6. The van der Waals surface area contributed by atoms with Crippen molar-refractivity contribution in [2.75, 3.05) is 6.61 Å². The fraction of sp³-hybridized carbons (Fsp3) is 0.913. The van der Waals surface area contributed by atoms with Crippen LogP contribution in [0.5, 0.6) is 0 Å². The number of carbonyl (C=O) groups excluding carboxylic acids is 2. The fourth-order valence-electron chi connectivity index (χ4n) is 8.21. The molecule has 9 atom stereocenters. The van der Waals surface area contributed by atoms with E-state index in [0.29, 0.717) is 18.3 Å². The van der Waals surface area contributed by atoms with Gasteiger partial charge in [-0.05, 0) is 56.3 Å². The minimum Gasteiger partial charge on any atom is -0.462 e. The Morgan fingerprint density at radius 2 is 1.66 bits per heavy atom. The number of hydrogen-bond donors (Lipinski definition) is 2. The third-order valence-electron chi connectivity index (χ3n) is 9.49. The number of fused-ring (bicyclic) bond motifs is 5. The van der Waals surface area contributed by atoms with Gasteiger partial charge in [-0.3, -0.25) is 9.59 Å². The van der Waals surface area contributed by atoms with E-state index in [0.717, 1.165) is 38.5 Å². The van der Waals surface area contributed by atoms with Crippen LogP contribution in [0.3, 0.4) is 0 Å². The predicted octanol–water partition coefficient (Wildman–Crippen LogP) is 2.84. The Bertz CT molecular complexity index is 693. The van der Waals surface area contributed by atoms with E-state index in [4.69, 9.17) is 9.47 Å². The van der Waals surface area contributed by atoms with Crippen molar-refractivity contribution < 1.29 is 29.3 Å². The average Bonchev–Trinajstić information content (AvgIpc) is 3.04. The molecule has 0 aliphatic heterocycles. The molecule has 0 aromatic carbocycles. The van der Waals surface area contributed by atoms with Crippen molar-refractivity contribution in [3.05, 3.63) is 0 Å². The van der Waals surface area contributed by atoms with Gasteiger partial charge in [-0.2, -0.15) is 0 Å². The van der Waals surface area contributed by atoms with Crippen LogP contribution < -0.4 is 0 Å². The lowest BCUT2D eigenvalue weighted by molar-refractivity contribution is -0.177. The maximum absolute atomic E-state index is 12.0. The standard InChI is InChI=1S/C23H36O6/c1-13(25)28-15-7-10-22(4)17-8-9-21(3)16(5-6-19(21)29-14(2)26)20(17)18(12-24)23(22,27)11-15/h15-20,24,27H,5-12H2,1-4H3/t15-,16-,17-,18-,19-,20-,21-,22+,23+/m0/s1. The summed E-state index contributed by atoms with van der Waals surface area (Å²) < 4.78 is 11.2. The third kappa shape index (κ3) is 2.88. The van der Waals surface area contributed by atoms with Gasteiger partial charge in [0.05, 0.1) is 5.60 Å². The maximum atomic E-state index is 12.0. The molecular weight excluding hydrogens is 372 g/mol. The molecule has 0 unspecified atom stereocenters. The van der Waals surface area contributed by atoms with Crippen LogP contribution in [-0.4, -0.2) is 46.6 Å². The molecule has 0 aromatic heterocycles. The third-order valence-corrected chi connectivity index (χ3v) is 9.49. The van der Waals surface area contributed by atoms with Gasteiger partial charge in [-0.1, -0.05) is 13.8 Å². The topological polar surface area (TPSA) is 93.1 Å². The highest BCUT2D eigenvalue weighted by atomic mass is 16.5. The highest BCUT2D eigenvalue weighted by Crippen LogP contribution is 2.72. The Morgan fingerprint density at radius 3 is 2.28 bits per heavy atom. The lowest BCUT2D eigenvalue weighted by Crippen LogP contribution is -2.55. The van der Waals surface area contributed by atoms with Gasteiger partial charge < -0.3 is 19.7 Å². The predicted molar refractivity (Wildman–Crippen MR) is 106 cm³/mol. The lowest BCUT2D eigenvalue weighted by atomic mass is 9.55. The summed E-state index contributed by atoms with van der Waals surface area (Å²) in [7, 11) is 0. The second-order valence-electron chi connectivity index (χ2n) is 10.6. The van der Waals surface area contributed by atoms with Crippen LogP contribution >= 0.6 is 0 Å². The molecule has 4 aliphatic carbocycles. The van der Waals surface area contributed by atoms with E-state index in [-0.39, 0.29) is 53.4 Å². The van der Waals surface area contributed by atoms with E-state index in [2.05, 4.69) is 13.8 Å². The zero-order chi connectivity index (χ0) is 21.2. The summed E-state index contributed by atoms with van der Waals surface area (Å²) in [6.45, 7) is 7.24. The van der Waals surface area contributed by atoms with Crippen LogP contribution in [0.15, 0.2) is 0 Å². The summed E-state index contributed by atoms with van der Waals surface area (Å²) in [6, 6.07) is 0. The summed E-state index contributed by atoms with van der Waals surface area (Å²) in [5.74, 6) is 0.0683. The van der Waals surface area contributed by atoms with Crippen molar-refractivity contribution in [1.29, 1.82) is 0 Å². The Kier molecular flexibility index (Phi) is 5.05. The molecule has 164 valence electrons. The van der Waals surface area contributed by atoms with E-state index in [9.17, 15) is 19.8 Å². The molecule has 0 saturated heterocycles.